The molecule has 5 heteroatoms. The minimum atomic E-state index is -0.487. The van der Waals surface area contributed by atoms with Crippen molar-refractivity contribution < 1.29 is 13.9 Å². The number of carbonyl (C=O) groups excluding carboxylic acids is 1. The molecule has 1 heterocycles. The van der Waals surface area contributed by atoms with Crippen LogP contribution in [-0.4, -0.2) is 22.3 Å². The molecule has 1 aromatic carbocycles. The monoisotopic (exact) mass is 248 g/mol. The lowest BCUT2D eigenvalue weighted by atomic mass is 10.3. The van der Waals surface area contributed by atoms with Crippen LogP contribution in [-0.2, 0) is 0 Å². The largest absolute Gasteiger partial charge is 0.481 e. The molecule has 0 fully saturated rings. The minimum absolute atomic E-state index is 0.0624. The number of carbonyl (C=O) groups is 1. The van der Waals surface area contributed by atoms with E-state index in [4.69, 9.17) is 4.74 Å². The van der Waals surface area contributed by atoms with Crippen LogP contribution in [0, 0.1) is 19.7 Å². The highest BCUT2D eigenvalue weighted by Crippen LogP contribution is 2.15. The van der Waals surface area contributed by atoms with Crippen LogP contribution in [0.15, 0.2) is 30.3 Å². The van der Waals surface area contributed by atoms with E-state index in [1.807, 2.05) is 0 Å². The summed E-state index contributed by atoms with van der Waals surface area (Å²) in [4.78, 5) is 11.8. The lowest BCUT2D eigenvalue weighted by Gasteiger charge is -2.07. The van der Waals surface area contributed by atoms with E-state index >= 15 is 0 Å². The third-order valence-corrected chi connectivity index (χ3v) is 2.43. The van der Waals surface area contributed by atoms with Gasteiger partial charge in [0.2, 0.25) is 0 Å². The Bertz CT molecular complexity index is 578. The number of aromatic nitrogens is 2. The summed E-state index contributed by atoms with van der Waals surface area (Å²) < 4.78 is 19.7. The number of nitrogens with zero attached hydrogens (tertiary/aromatic N) is 2. The molecular formula is C13H13FN2O2. The van der Waals surface area contributed by atoms with Crippen molar-refractivity contribution in [2.24, 2.45) is 0 Å². The second-order valence-electron chi connectivity index (χ2n) is 3.95. The summed E-state index contributed by atoms with van der Waals surface area (Å²) in [6, 6.07) is 7.76. The van der Waals surface area contributed by atoms with Gasteiger partial charge in [0.15, 0.2) is 18.2 Å². The van der Waals surface area contributed by atoms with Crippen molar-refractivity contribution in [2.45, 2.75) is 13.8 Å². The number of benzene rings is 1. The molecule has 0 bridgehead atoms. The van der Waals surface area contributed by atoms with Gasteiger partial charge < -0.3 is 4.74 Å². The molecule has 0 radical (unpaired) electrons. The highest BCUT2D eigenvalue weighted by molar-refractivity contribution is 5.80. The maximum atomic E-state index is 13.3. The fourth-order valence-electron chi connectivity index (χ4n) is 1.64. The van der Waals surface area contributed by atoms with Crippen molar-refractivity contribution in [3.05, 3.63) is 47.5 Å². The lowest BCUT2D eigenvalue weighted by molar-refractivity contribution is 0.0815. The maximum absolute atomic E-state index is 13.3. The maximum Gasteiger partial charge on any atom is 0.284 e. The first-order valence-electron chi connectivity index (χ1n) is 5.51. The number of aryl methyl sites for hydroxylation is 2. The molecule has 0 saturated carbocycles. The molecular weight excluding hydrogens is 235 g/mol. The zero-order valence-electron chi connectivity index (χ0n) is 10.2. The Morgan fingerprint density at radius 2 is 2.11 bits per heavy atom. The molecule has 0 atom stereocenters. The molecule has 0 spiro atoms. The molecule has 2 aromatic rings. The number of hydrogen-bond acceptors (Lipinski definition) is 3. The van der Waals surface area contributed by atoms with Crippen LogP contribution in [0.5, 0.6) is 5.75 Å². The van der Waals surface area contributed by atoms with Crippen molar-refractivity contribution in [3.63, 3.8) is 0 Å². The molecule has 0 aliphatic carbocycles. The standard InChI is InChI=1S/C13H13FN2O2/c1-9-7-10(2)16(15-9)13(17)8-18-12-6-4-3-5-11(12)14/h3-7H,8H2,1-2H3. The summed E-state index contributed by atoms with van der Waals surface area (Å²) in [5, 5.41) is 4.04. The van der Waals surface area contributed by atoms with Crippen LogP contribution in [0.4, 0.5) is 4.39 Å². The Labute approximate surface area is 104 Å². The summed E-state index contributed by atoms with van der Waals surface area (Å²) in [5.41, 5.74) is 1.49. The van der Waals surface area contributed by atoms with Crippen molar-refractivity contribution >= 4 is 5.91 Å². The van der Waals surface area contributed by atoms with Crippen LogP contribution < -0.4 is 4.74 Å². The SMILES string of the molecule is Cc1cc(C)n(C(=O)COc2ccccc2F)n1. The number of rotatable bonds is 3. The highest BCUT2D eigenvalue weighted by Gasteiger charge is 2.11. The fourth-order valence-corrected chi connectivity index (χ4v) is 1.64. The van der Waals surface area contributed by atoms with E-state index in [-0.39, 0.29) is 18.3 Å². The van der Waals surface area contributed by atoms with Crippen LogP contribution >= 0.6 is 0 Å². The van der Waals surface area contributed by atoms with E-state index in [2.05, 4.69) is 5.10 Å². The molecule has 0 unspecified atom stereocenters. The molecule has 0 aliphatic heterocycles. The highest BCUT2D eigenvalue weighted by atomic mass is 19.1. The zero-order valence-corrected chi connectivity index (χ0v) is 10.2. The van der Waals surface area contributed by atoms with Crippen molar-refractivity contribution in [2.75, 3.05) is 6.61 Å². The fraction of sp³-hybridized carbons (Fsp3) is 0.231. The van der Waals surface area contributed by atoms with E-state index in [0.29, 0.717) is 0 Å². The van der Waals surface area contributed by atoms with E-state index in [1.54, 1.807) is 32.0 Å². The Kier molecular flexibility index (Phi) is 3.41. The van der Waals surface area contributed by atoms with Gasteiger partial charge in [-0.3, -0.25) is 4.79 Å². The van der Waals surface area contributed by atoms with E-state index in [1.165, 1.54) is 16.8 Å². The van der Waals surface area contributed by atoms with E-state index < -0.39 is 5.82 Å². The van der Waals surface area contributed by atoms with Crippen molar-refractivity contribution in [1.29, 1.82) is 0 Å². The van der Waals surface area contributed by atoms with Gasteiger partial charge in [-0.05, 0) is 32.0 Å². The first-order valence-corrected chi connectivity index (χ1v) is 5.51. The Balaban J connectivity index is 2.05. The smallest absolute Gasteiger partial charge is 0.284 e. The van der Waals surface area contributed by atoms with Gasteiger partial charge in [0.05, 0.1) is 5.69 Å². The summed E-state index contributed by atoms with van der Waals surface area (Å²) in [6.07, 6.45) is 0. The molecule has 2 rings (SSSR count). The van der Waals surface area contributed by atoms with Gasteiger partial charge in [0.25, 0.3) is 5.91 Å². The van der Waals surface area contributed by atoms with E-state index in [9.17, 15) is 9.18 Å². The number of hydrogen-bond donors (Lipinski definition) is 0. The average Bonchev–Trinajstić information content (AvgIpc) is 2.67. The third kappa shape index (κ3) is 2.56. The topological polar surface area (TPSA) is 44.1 Å². The molecule has 1 aromatic heterocycles. The van der Waals surface area contributed by atoms with Crippen molar-refractivity contribution in [1.82, 2.24) is 9.78 Å². The normalized spacial score (nSPS) is 10.4. The molecule has 94 valence electrons. The Morgan fingerprint density at radius 3 is 2.72 bits per heavy atom. The lowest BCUT2D eigenvalue weighted by Crippen LogP contribution is -2.21. The molecule has 18 heavy (non-hydrogen) atoms. The summed E-state index contributed by atoms with van der Waals surface area (Å²) in [5.74, 6) is -0.755. The Morgan fingerprint density at radius 1 is 1.39 bits per heavy atom. The van der Waals surface area contributed by atoms with Crippen LogP contribution in [0.1, 0.15) is 16.2 Å². The molecule has 0 aliphatic rings. The van der Waals surface area contributed by atoms with Gasteiger partial charge in [-0.15, -0.1) is 0 Å². The quantitative estimate of drug-likeness (QED) is 0.837. The van der Waals surface area contributed by atoms with Gasteiger partial charge >= 0.3 is 0 Å². The molecule has 0 N–H and O–H groups in total. The van der Waals surface area contributed by atoms with Gasteiger partial charge in [0.1, 0.15) is 0 Å². The number of halogens is 1. The third-order valence-electron chi connectivity index (χ3n) is 2.43. The first-order chi connectivity index (χ1) is 8.58. The predicted molar refractivity (Wildman–Crippen MR) is 64.2 cm³/mol. The minimum Gasteiger partial charge on any atom is -0.481 e. The number of para-hydroxylation sites is 1. The summed E-state index contributed by atoms with van der Waals surface area (Å²) in [7, 11) is 0. The number of ether oxygens (including phenoxy) is 1. The molecule has 0 amide bonds. The van der Waals surface area contributed by atoms with Crippen molar-refractivity contribution in [3.8, 4) is 5.75 Å². The molecule has 0 saturated heterocycles. The van der Waals surface area contributed by atoms with Crippen LogP contribution in [0.25, 0.3) is 0 Å². The Hall–Kier alpha value is -2.17. The van der Waals surface area contributed by atoms with E-state index in [0.717, 1.165) is 11.4 Å². The average molecular weight is 248 g/mol. The van der Waals surface area contributed by atoms with Gasteiger partial charge in [-0.1, -0.05) is 12.1 Å². The van der Waals surface area contributed by atoms with Crippen LogP contribution in [0.3, 0.4) is 0 Å². The van der Waals surface area contributed by atoms with Gasteiger partial charge in [-0.25, -0.2) is 9.07 Å². The second kappa shape index (κ2) is 5.00. The predicted octanol–water partition coefficient (Wildman–Crippen LogP) is 2.36. The summed E-state index contributed by atoms with van der Waals surface area (Å²) in [6.45, 7) is 3.33. The summed E-state index contributed by atoms with van der Waals surface area (Å²) >= 11 is 0. The van der Waals surface area contributed by atoms with Gasteiger partial charge in [-0.2, -0.15) is 5.10 Å². The second-order valence-corrected chi connectivity index (χ2v) is 3.95. The first kappa shape index (κ1) is 12.3. The molecule has 4 nitrogen and oxygen atoms in total. The zero-order chi connectivity index (χ0) is 13.1. The van der Waals surface area contributed by atoms with Gasteiger partial charge in [0, 0.05) is 5.69 Å². The van der Waals surface area contributed by atoms with Crippen LogP contribution in [0.2, 0.25) is 0 Å².